The molecule has 1 heterocycles. The second-order valence-corrected chi connectivity index (χ2v) is 4.51. The van der Waals surface area contributed by atoms with Crippen molar-refractivity contribution in [2.45, 2.75) is 25.9 Å². The van der Waals surface area contributed by atoms with Crippen LogP contribution in [-0.4, -0.2) is 45.4 Å². The molecule has 1 amide bonds. The molecule has 3 N–H and O–H groups in total. The third kappa shape index (κ3) is 2.65. The van der Waals surface area contributed by atoms with E-state index in [-0.39, 0.29) is 5.91 Å². The van der Waals surface area contributed by atoms with Crippen LogP contribution in [0.1, 0.15) is 13.8 Å². The summed E-state index contributed by atoms with van der Waals surface area (Å²) in [5.41, 5.74) is 7.56. The lowest BCUT2D eigenvalue weighted by Crippen LogP contribution is -2.67. The van der Waals surface area contributed by atoms with Gasteiger partial charge in [-0.25, -0.2) is 4.79 Å². The third-order valence-electron chi connectivity index (χ3n) is 3.32. The fourth-order valence-electron chi connectivity index (χ4n) is 2.16. The van der Waals surface area contributed by atoms with Crippen LogP contribution in [0.5, 0.6) is 0 Å². The Morgan fingerprint density at radius 1 is 1.55 bits per heavy atom. The first-order chi connectivity index (χ1) is 9.34. The highest BCUT2D eigenvalue weighted by atomic mass is 16.4. The molecule has 0 aromatic rings. The lowest BCUT2D eigenvalue weighted by Gasteiger charge is -2.42. The molecule has 0 aromatic carbocycles. The van der Waals surface area contributed by atoms with Gasteiger partial charge in [0.15, 0.2) is 6.19 Å². The zero-order valence-electron chi connectivity index (χ0n) is 10.8. The van der Waals surface area contributed by atoms with E-state index in [9.17, 15) is 14.4 Å². The van der Waals surface area contributed by atoms with Crippen LogP contribution in [0.25, 0.3) is 5.53 Å². The predicted octanol–water partition coefficient (Wildman–Crippen LogP) is -1.48. The van der Waals surface area contributed by atoms with Crippen LogP contribution in [0.2, 0.25) is 0 Å². The molecule has 0 bridgehead atoms. The molecular weight excluding hydrogens is 266 g/mol. The first-order valence-corrected chi connectivity index (χ1v) is 5.79. The van der Waals surface area contributed by atoms with Gasteiger partial charge in [-0.3, -0.25) is 9.59 Å². The van der Waals surface area contributed by atoms with E-state index >= 15 is 0 Å². The van der Waals surface area contributed by atoms with Crippen LogP contribution in [0.3, 0.4) is 0 Å². The average molecular weight is 279 g/mol. The summed E-state index contributed by atoms with van der Waals surface area (Å²) < 4.78 is 0. The van der Waals surface area contributed by atoms with Gasteiger partial charge in [0.25, 0.3) is 5.78 Å². The Morgan fingerprint density at radius 2 is 2.15 bits per heavy atom. The van der Waals surface area contributed by atoms with E-state index in [0.717, 1.165) is 0 Å². The highest BCUT2D eigenvalue weighted by molar-refractivity contribution is 6.62. The van der Waals surface area contributed by atoms with E-state index in [4.69, 9.17) is 15.9 Å². The molecule has 9 nitrogen and oxygen atoms in total. The molecule has 0 unspecified atom stereocenters. The van der Waals surface area contributed by atoms with Crippen molar-refractivity contribution in [1.82, 2.24) is 10.6 Å². The van der Waals surface area contributed by atoms with Crippen LogP contribution in [0.15, 0.2) is 0 Å². The van der Waals surface area contributed by atoms with Crippen molar-refractivity contribution in [2.24, 2.45) is 11.8 Å². The van der Waals surface area contributed by atoms with Gasteiger partial charge >= 0.3 is 11.7 Å². The smallest absolute Gasteiger partial charge is 0.441 e. The molecule has 0 aliphatic carbocycles. The molecule has 1 rings (SSSR count). The maximum atomic E-state index is 11.9. The van der Waals surface area contributed by atoms with Crippen molar-refractivity contribution in [2.75, 3.05) is 0 Å². The molecule has 9 heteroatoms. The monoisotopic (exact) mass is 279 g/mol. The number of amides is 1. The second kappa shape index (κ2) is 5.95. The molecule has 4 atom stereocenters. The summed E-state index contributed by atoms with van der Waals surface area (Å²) in [6, 6.07) is -1.12. The number of ketones is 1. The minimum absolute atomic E-state index is 0.331. The number of Topliss-reactive ketones (excluding diaryl/α,β-unsaturated/α-hetero) is 1. The van der Waals surface area contributed by atoms with E-state index in [1.165, 1.54) is 6.92 Å². The number of β-lactam (4-membered cyclic amide) rings is 1. The second-order valence-electron chi connectivity index (χ2n) is 4.51. The van der Waals surface area contributed by atoms with Gasteiger partial charge in [0.2, 0.25) is 5.91 Å². The Hall–Kier alpha value is -2.72. The van der Waals surface area contributed by atoms with Gasteiger partial charge in [0.05, 0.1) is 12.0 Å². The Morgan fingerprint density at radius 3 is 2.55 bits per heavy atom. The van der Waals surface area contributed by atoms with E-state index in [1.54, 1.807) is 13.1 Å². The standard InChI is InChI=1S/C11H13N5O4/c1-4(9(17)8(16-13)11(19)20)7-6(10(18)15-7)5(2)14-3-12/h4-7,14H,1-2H3,(H,15,18)(H,19,20)/t4-,5-,6-,7-/m1/s1. The highest BCUT2D eigenvalue weighted by Crippen LogP contribution is 2.26. The fourth-order valence-corrected chi connectivity index (χ4v) is 2.16. The molecule has 1 fully saturated rings. The predicted molar refractivity (Wildman–Crippen MR) is 64.1 cm³/mol. The molecule has 0 saturated carbocycles. The highest BCUT2D eigenvalue weighted by Gasteiger charge is 2.50. The Bertz CT molecular complexity index is 546. The quantitative estimate of drug-likeness (QED) is 0.102. The SMILES string of the molecule is C[C@@H](NC#N)[C@H]1C(=O)N[C@@H]1[C@@H](C)C(=O)C(=[N+]=[N-])C(=O)O. The summed E-state index contributed by atoms with van der Waals surface area (Å²) >= 11 is 0. The van der Waals surface area contributed by atoms with Crippen molar-refractivity contribution < 1.29 is 24.3 Å². The van der Waals surface area contributed by atoms with Crippen LogP contribution in [0.4, 0.5) is 0 Å². The largest absolute Gasteiger partial charge is 0.472 e. The van der Waals surface area contributed by atoms with Crippen LogP contribution in [0, 0.1) is 23.3 Å². The van der Waals surface area contributed by atoms with Crippen LogP contribution < -0.4 is 10.6 Å². The Balaban J connectivity index is 2.88. The number of carbonyl (C=O) groups is 3. The number of carbonyl (C=O) groups excluding carboxylic acids is 2. The van der Waals surface area contributed by atoms with Gasteiger partial charge in [0.1, 0.15) is 0 Å². The first-order valence-electron chi connectivity index (χ1n) is 5.79. The summed E-state index contributed by atoms with van der Waals surface area (Å²) in [5, 5.41) is 22.2. The molecule has 1 aliphatic rings. The van der Waals surface area contributed by atoms with Crippen LogP contribution >= 0.6 is 0 Å². The number of hydrogen-bond donors (Lipinski definition) is 3. The number of aliphatic carboxylic acids is 1. The summed E-state index contributed by atoms with van der Waals surface area (Å²) in [7, 11) is 0. The number of nitrogens with zero attached hydrogens (tertiary/aromatic N) is 3. The van der Waals surface area contributed by atoms with Gasteiger partial charge in [-0.2, -0.15) is 10.1 Å². The lowest BCUT2D eigenvalue weighted by molar-refractivity contribution is -0.141. The normalized spacial score (nSPS) is 23.1. The van der Waals surface area contributed by atoms with E-state index in [0.29, 0.717) is 0 Å². The zero-order chi connectivity index (χ0) is 15.4. The first kappa shape index (κ1) is 15.3. The van der Waals surface area contributed by atoms with E-state index < -0.39 is 41.4 Å². The molecule has 20 heavy (non-hydrogen) atoms. The minimum Gasteiger partial charge on any atom is -0.472 e. The lowest BCUT2D eigenvalue weighted by atomic mass is 9.75. The van der Waals surface area contributed by atoms with Gasteiger partial charge in [0, 0.05) is 12.0 Å². The van der Waals surface area contributed by atoms with Gasteiger partial charge in [-0.15, -0.1) is 0 Å². The van der Waals surface area contributed by atoms with Gasteiger partial charge in [-0.05, 0) is 6.92 Å². The number of carboxylic acids is 1. The van der Waals surface area contributed by atoms with Crippen LogP contribution in [-0.2, 0) is 14.4 Å². The topological polar surface area (TPSA) is 156 Å². The Kier molecular flexibility index (Phi) is 4.56. The molecule has 1 saturated heterocycles. The maximum Gasteiger partial charge on any atom is 0.441 e. The summed E-state index contributed by atoms with van der Waals surface area (Å²) in [5.74, 6) is -4.39. The molecule has 1 aliphatic heterocycles. The fraction of sp³-hybridized carbons (Fsp3) is 0.545. The number of nitrogens with one attached hydrogen (secondary N) is 2. The van der Waals surface area contributed by atoms with Gasteiger partial charge in [-0.1, -0.05) is 6.92 Å². The molecular formula is C11H13N5O4. The molecule has 0 aromatic heterocycles. The summed E-state index contributed by atoms with van der Waals surface area (Å²) in [4.78, 5) is 36.6. The minimum atomic E-state index is -1.64. The summed E-state index contributed by atoms with van der Waals surface area (Å²) in [6.07, 6.45) is 1.71. The third-order valence-corrected chi connectivity index (χ3v) is 3.32. The average Bonchev–Trinajstić information content (AvgIpc) is 2.35. The molecule has 106 valence electrons. The zero-order valence-corrected chi connectivity index (χ0v) is 10.8. The number of rotatable bonds is 6. The Labute approximate surface area is 114 Å². The van der Waals surface area contributed by atoms with Gasteiger partial charge < -0.3 is 21.3 Å². The van der Waals surface area contributed by atoms with Crippen molar-refractivity contribution in [3.05, 3.63) is 5.53 Å². The number of carboxylic acid groups (broad SMARTS) is 1. The van der Waals surface area contributed by atoms with E-state index in [1.807, 2.05) is 0 Å². The number of nitriles is 1. The molecule has 0 radical (unpaired) electrons. The van der Waals surface area contributed by atoms with Crippen molar-refractivity contribution in [1.29, 1.82) is 5.26 Å². The van der Waals surface area contributed by atoms with Crippen molar-refractivity contribution in [3.8, 4) is 6.19 Å². The number of hydrogen-bond acceptors (Lipinski definition) is 5. The maximum absolute atomic E-state index is 11.9. The van der Waals surface area contributed by atoms with Crippen molar-refractivity contribution in [3.63, 3.8) is 0 Å². The molecule has 0 spiro atoms. The summed E-state index contributed by atoms with van der Waals surface area (Å²) in [6.45, 7) is 3.03. The van der Waals surface area contributed by atoms with Crippen molar-refractivity contribution >= 4 is 23.4 Å². The van der Waals surface area contributed by atoms with E-state index in [2.05, 4.69) is 15.4 Å².